The molecule has 2 unspecified atom stereocenters. The standard InChI is InChI=1S/C16H20N4O.ClH/c1-12-9-20(11-15(12)17)10-13-2-4-14(5-3-13)21-16-8-18-6-7-19-16;/h2-8,12,15H,9-11,17H2,1H3;1H. The second-order valence-corrected chi connectivity index (χ2v) is 5.62. The first-order chi connectivity index (χ1) is 10.2. The third kappa shape index (κ3) is 4.16. The topological polar surface area (TPSA) is 64.3 Å². The Balaban J connectivity index is 0.00000176. The van der Waals surface area contributed by atoms with E-state index in [1.165, 1.54) is 5.56 Å². The van der Waals surface area contributed by atoms with Crippen LogP contribution < -0.4 is 10.5 Å². The minimum Gasteiger partial charge on any atom is -0.438 e. The Kier molecular flexibility index (Phi) is 5.71. The largest absolute Gasteiger partial charge is 0.438 e. The van der Waals surface area contributed by atoms with Gasteiger partial charge in [0.25, 0.3) is 0 Å². The average molecular weight is 321 g/mol. The number of halogens is 1. The van der Waals surface area contributed by atoms with Gasteiger partial charge in [0.1, 0.15) is 5.75 Å². The number of hydrogen-bond donors (Lipinski definition) is 1. The second kappa shape index (κ2) is 7.54. The molecule has 5 nitrogen and oxygen atoms in total. The molecule has 1 aliphatic rings. The summed E-state index contributed by atoms with van der Waals surface area (Å²) in [6.45, 7) is 5.18. The number of likely N-dealkylation sites (tertiary alicyclic amines) is 1. The first-order valence-corrected chi connectivity index (χ1v) is 7.21. The molecule has 118 valence electrons. The van der Waals surface area contributed by atoms with Crippen molar-refractivity contribution in [1.82, 2.24) is 14.9 Å². The molecular weight excluding hydrogens is 300 g/mol. The molecule has 0 aliphatic carbocycles. The predicted molar refractivity (Wildman–Crippen MR) is 88.2 cm³/mol. The van der Waals surface area contributed by atoms with E-state index in [-0.39, 0.29) is 12.4 Å². The van der Waals surface area contributed by atoms with E-state index in [2.05, 4.69) is 33.9 Å². The molecule has 1 aromatic carbocycles. The number of hydrogen-bond acceptors (Lipinski definition) is 5. The molecule has 0 spiro atoms. The van der Waals surface area contributed by atoms with Gasteiger partial charge in [0.15, 0.2) is 0 Å². The Hall–Kier alpha value is -1.69. The summed E-state index contributed by atoms with van der Waals surface area (Å²) >= 11 is 0. The molecule has 0 radical (unpaired) electrons. The third-order valence-corrected chi connectivity index (χ3v) is 3.84. The van der Waals surface area contributed by atoms with E-state index in [0.717, 1.165) is 25.4 Å². The van der Waals surface area contributed by atoms with E-state index in [0.29, 0.717) is 17.8 Å². The van der Waals surface area contributed by atoms with Crippen molar-refractivity contribution in [3.05, 3.63) is 48.4 Å². The lowest BCUT2D eigenvalue weighted by Crippen LogP contribution is -2.28. The van der Waals surface area contributed by atoms with Gasteiger partial charge >= 0.3 is 0 Å². The van der Waals surface area contributed by atoms with Gasteiger partial charge in [-0.25, -0.2) is 4.98 Å². The van der Waals surface area contributed by atoms with Crippen molar-refractivity contribution < 1.29 is 4.74 Å². The number of rotatable bonds is 4. The summed E-state index contributed by atoms with van der Waals surface area (Å²) in [7, 11) is 0. The van der Waals surface area contributed by atoms with Gasteiger partial charge < -0.3 is 10.5 Å². The Morgan fingerprint density at radius 2 is 2.00 bits per heavy atom. The number of benzene rings is 1. The number of nitrogens with zero attached hydrogens (tertiary/aromatic N) is 3. The fraction of sp³-hybridized carbons (Fsp3) is 0.375. The first-order valence-electron chi connectivity index (χ1n) is 7.21. The summed E-state index contributed by atoms with van der Waals surface area (Å²) < 4.78 is 5.63. The van der Waals surface area contributed by atoms with Crippen LogP contribution in [-0.2, 0) is 6.54 Å². The molecular formula is C16H21ClN4O. The summed E-state index contributed by atoms with van der Waals surface area (Å²) in [5.74, 6) is 1.85. The van der Waals surface area contributed by atoms with Crippen LogP contribution in [0.25, 0.3) is 0 Å². The molecule has 0 saturated carbocycles. The van der Waals surface area contributed by atoms with E-state index < -0.39 is 0 Å². The van der Waals surface area contributed by atoms with Crippen LogP contribution in [-0.4, -0.2) is 34.0 Å². The lowest BCUT2D eigenvalue weighted by molar-refractivity contribution is 0.319. The fourth-order valence-electron chi connectivity index (χ4n) is 2.60. The molecule has 2 N–H and O–H groups in total. The summed E-state index contributed by atoms with van der Waals surface area (Å²) in [4.78, 5) is 10.5. The van der Waals surface area contributed by atoms with Gasteiger partial charge in [-0.15, -0.1) is 12.4 Å². The highest BCUT2D eigenvalue weighted by Crippen LogP contribution is 2.21. The molecule has 1 aliphatic heterocycles. The number of nitrogens with two attached hydrogens (primary N) is 1. The lowest BCUT2D eigenvalue weighted by atomic mass is 10.1. The van der Waals surface area contributed by atoms with Crippen LogP contribution in [0.5, 0.6) is 11.6 Å². The van der Waals surface area contributed by atoms with Crippen molar-refractivity contribution in [3.63, 3.8) is 0 Å². The average Bonchev–Trinajstić information content (AvgIpc) is 2.80. The molecule has 2 aromatic rings. The van der Waals surface area contributed by atoms with Gasteiger partial charge in [-0.2, -0.15) is 0 Å². The summed E-state index contributed by atoms with van der Waals surface area (Å²) in [6.07, 6.45) is 4.83. The minimum absolute atomic E-state index is 0. The van der Waals surface area contributed by atoms with Gasteiger partial charge in [-0.3, -0.25) is 9.88 Å². The van der Waals surface area contributed by atoms with E-state index in [1.54, 1.807) is 18.6 Å². The highest BCUT2D eigenvalue weighted by atomic mass is 35.5. The highest BCUT2D eigenvalue weighted by Gasteiger charge is 2.26. The maximum atomic E-state index is 6.06. The zero-order chi connectivity index (χ0) is 14.7. The first kappa shape index (κ1) is 16.7. The molecule has 0 amide bonds. The molecule has 2 heterocycles. The highest BCUT2D eigenvalue weighted by molar-refractivity contribution is 5.85. The minimum atomic E-state index is 0. The maximum Gasteiger partial charge on any atom is 0.237 e. The summed E-state index contributed by atoms with van der Waals surface area (Å²) in [5, 5.41) is 0. The van der Waals surface area contributed by atoms with Crippen molar-refractivity contribution in [2.24, 2.45) is 11.7 Å². The zero-order valence-electron chi connectivity index (χ0n) is 12.6. The second-order valence-electron chi connectivity index (χ2n) is 5.62. The van der Waals surface area contributed by atoms with Crippen LogP contribution in [0.2, 0.25) is 0 Å². The van der Waals surface area contributed by atoms with Crippen molar-refractivity contribution >= 4 is 12.4 Å². The molecule has 22 heavy (non-hydrogen) atoms. The van der Waals surface area contributed by atoms with Crippen LogP contribution in [0.1, 0.15) is 12.5 Å². The van der Waals surface area contributed by atoms with Crippen LogP contribution >= 0.6 is 12.4 Å². The Bertz CT molecular complexity index is 568. The number of aromatic nitrogens is 2. The van der Waals surface area contributed by atoms with Crippen molar-refractivity contribution in [2.45, 2.75) is 19.5 Å². The van der Waals surface area contributed by atoms with Gasteiger partial charge in [0, 0.05) is 38.1 Å². The van der Waals surface area contributed by atoms with Gasteiger partial charge in [-0.1, -0.05) is 19.1 Å². The van der Waals surface area contributed by atoms with Gasteiger partial charge in [0.2, 0.25) is 5.88 Å². The Morgan fingerprint density at radius 3 is 2.59 bits per heavy atom. The van der Waals surface area contributed by atoms with Gasteiger partial charge in [0.05, 0.1) is 6.20 Å². The normalized spacial score (nSPS) is 21.4. The van der Waals surface area contributed by atoms with Crippen molar-refractivity contribution in [2.75, 3.05) is 13.1 Å². The lowest BCUT2D eigenvalue weighted by Gasteiger charge is -2.15. The zero-order valence-corrected chi connectivity index (χ0v) is 13.4. The van der Waals surface area contributed by atoms with E-state index in [1.807, 2.05) is 12.1 Å². The molecule has 6 heteroatoms. The quantitative estimate of drug-likeness (QED) is 0.937. The van der Waals surface area contributed by atoms with E-state index in [9.17, 15) is 0 Å². The van der Waals surface area contributed by atoms with Gasteiger partial charge in [-0.05, 0) is 23.6 Å². The van der Waals surface area contributed by atoms with Crippen LogP contribution in [0.4, 0.5) is 0 Å². The predicted octanol–water partition coefficient (Wildman–Crippen LogP) is 2.47. The number of ether oxygens (including phenoxy) is 1. The molecule has 1 aromatic heterocycles. The molecule has 3 rings (SSSR count). The van der Waals surface area contributed by atoms with Crippen molar-refractivity contribution in [1.29, 1.82) is 0 Å². The van der Waals surface area contributed by atoms with Crippen LogP contribution in [0.15, 0.2) is 42.9 Å². The van der Waals surface area contributed by atoms with Crippen LogP contribution in [0, 0.1) is 5.92 Å². The summed E-state index contributed by atoms with van der Waals surface area (Å²) in [6, 6.07) is 8.39. The third-order valence-electron chi connectivity index (χ3n) is 3.84. The smallest absolute Gasteiger partial charge is 0.237 e. The van der Waals surface area contributed by atoms with Crippen molar-refractivity contribution in [3.8, 4) is 11.6 Å². The SMILES string of the molecule is CC1CN(Cc2ccc(Oc3cnccn3)cc2)CC1N.Cl. The van der Waals surface area contributed by atoms with E-state index in [4.69, 9.17) is 10.5 Å². The molecule has 1 fully saturated rings. The molecule has 0 bridgehead atoms. The van der Waals surface area contributed by atoms with E-state index >= 15 is 0 Å². The Morgan fingerprint density at radius 1 is 1.23 bits per heavy atom. The molecule has 2 atom stereocenters. The van der Waals surface area contributed by atoms with Crippen LogP contribution in [0.3, 0.4) is 0 Å². The maximum absolute atomic E-state index is 6.06. The Labute approximate surface area is 136 Å². The summed E-state index contributed by atoms with van der Waals surface area (Å²) in [5.41, 5.74) is 7.32. The fourth-order valence-corrected chi connectivity index (χ4v) is 2.60. The molecule has 1 saturated heterocycles. The monoisotopic (exact) mass is 320 g/mol.